The summed E-state index contributed by atoms with van der Waals surface area (Å²) in [5, 5.41) is 18.8. The smallest absolute Gasteiger partial charge is 0.492 e. The number of nitrogens with zero attached hydrogens (tertiary/aromatic N) is 1. The van der Waals surface area contributed by atoms with Gasteiger partial charge in [-0.1, -0.05) is 26.0 Å². The SMILES string of the molecule is COc1ccc(CN(CC(C)C)C2CC2)cc1B(O)O. The molecule has 4 nitrogen and oxygen atoms in total. The Morgan fingerprint density at radius 1 is 1.35 bits per heavy atom. The molecular weight excluding hydrogens is 253 g/mol. The molecule has 0 aliphatic heterocycles. The van der Waals surface area contributed by atoms with Gasteiger partial charge in [-0.3, -0.25) is 4.90 Å². The van der Waals surface area contributed by atoms with E-state index in [9.17, 15) is 10.0 Å². The van der Waals surface area contributed by atoms with Crippen molar-refractivity contribution in [2.75, 3.05) is 13.7 Å². The van der Waals surface area contributed by atoms with Crippen LogP contribution in [0.5, 0.6) is 5.75 Å². The number of rotatable bonds is 7. The molecule has 2 rings (SSSR count). The van der Waals surface area contributed by atoms with Gasteiger partial charge in [-0.2, -0.15) is 0 Å². The van der Waals surface area contributed by atoms with Gasteiger partial charge in [-0.05, 0) is 30.4 Å². The highest BCUT2D eigenvalue weighted by atomic mass is 16.5. The summed E-state index contributed by atoms with van der Waals surface area (Å²) in [5.74, 6) is 1.15. The van der Waals surface area contributed by atoms with Gasteiger partial charge in [0.25, 0.3) is 0 Å². The molecule has 0 unspecified atom stereocenters. The van der Waals surface area contributed by atoms with Crippen molar-refractivity contribution in [1.82, 2.24) is 4.90 Å². The van der Waals surface area contributed by atoms with E-state index in [0.717, 1.165) is 18.7 Å². The highest BCUT2D eigenvalue weighted by Crippen LogP contribution is 2.29. The van der Waals surface area contributed by atoms with Crippen LogP contribution in [0.15, 0.2) is 18.2 Å². The van der Waals surface area contributed by atoms with Crippen LogP contribution >= 0.6 is 0 Å². The van der Waals surface area contributed by atoms with Crippen LogP contribution in [-0.4, -0.2) is 41.8 Å². The maximum atomic E-state index is 9.42. The van der Waals surface area contributed by atoms with Crippen molar-refractivity contribution >= 4 is 12.6 Å². The Morgan fingerprint density at radius 3 is 2.55 bits per heavy atom. The minimum Gasteiger partial charge on any atom is -0.497 e. The van der Waals surface area contributed by atoms with Gasteiger partial charge in [-0.25, -0.2) is 0 Å². The molecule has 1 fully saturated rings. The largest absolute Gasteiger partial charge is 0.497 e. The summed E-state index contributed by atoms with van der Waals surface area (Å²) in [6.45, 7) is 6.39. The lowest BCUT2D eigenvalue weighted by atomic mass is 9.78. The van der Waals surface area contributed by atoms with E-state index in [4.69, 9.17) is 4.74 Å². The minimum atomic E-state index is -1.50. The standard InChI is InChI=1S/C15H24BNO3/c1-11(2)9-17(13-5-6-13)10-12-4-7-15(20-3)14(8-12)16(18)19/h4,7-8,11,13,18-19H,5-6,9-10H2,1-3H3. The van der Waals surface area contributed by atoms with E-state index >= 15 is 0 Å². The molecule has 0 saturated heterocycles. The van der Waals surface area contributed by atoms with Crippen molar-refractivity contribution in [1.29, 1.82) is 0 Å². The zero-order valence-corrected chi connectivity index (χ0v) is 12.5. The third kappa shape index (κ3) is 3.98. The molecule has 0 heterocycles. The molecule has 1 aromatic carbocycles. The van der Waals surface area contributed by atoms with Crippen LogP contribution < -0.4 is 10.2 Å². The van der Waals surface area contributed by atoms with Gasteiger partial charge in [-0.15, -0.1) is 0 Å². The predicted octanol–water partition coefficient (Wildman–Crippen LogP) is 0.995. The Labute approximate surface area is 121 Å². The van der Waals surface area contributed by atoms with Crippen molar-refractivity contribution in [3.05, 3.63) is 23.8 Å². The molecule has 1 aliphatic rings. The molecule has 0 aromatic heterocycles. The van der Waals surface area contributed by atoms with Crippen molar-refractivity contribution in [3.8, 4) is 5.75 Å². The summed E-state index contributed by atoms with van der Waals surface area (Å²) < 4.78 is 5.16. The van der Waals surface area contributed by atoms with E-state index in [1.807, 2.05) is 18.2 Å². The number of methoxy groups -OCH3 is 1. The van der Waals surface area contributed by atoms with Crippen LogP contribution in [0.3, 0.4) is 0 Å². The topological polar surface area (TPSA) is 52.9 Å². The summed E-state index contributed by atoms with van der Waals surface area (Å²) in [7, 11) is 0.0419. The quantitative estimate of drug-likeness (QED) is 0.730. The first-order chi connectivity index (χ1) is 9.51. The summed E-state index contributed by atoms with van der Waals surface area (Å²) in [6, 6.07) is 6.34. The van der Waals surface area contributed by atoms with Crippen LogP contribution in [0.1, 0.15) is 32.3 Å². The maximum absolute atomic E-state index is 9.42. The Kier molecular flexibility index (Phi) is 5.08. The molecule has 0 atom stereocenters. The Hall–Kier alpha value is -1.04. The predicted molar refractivity (Wildman–Crippen MR) is 81.1 cm³/mol. The summed E-state index contributed by atoms with van der Waals surface area (Å²) in [5.41, 5.74) is 1.53. The van der Waals surface area contributed by atoms with Gasteiger partial charge in [0.2, 0.25) is 0 Å². The van der Waals surface area contributed by atoms with Crippen molar-refractivity contribution < 1.29 is 14.8 Å². The van der Waals surface area contributed by atoms with Gasteiger partial charge < -0.3 is 14.8 Å². The zero-order chi connectivity index (χ0) is 14.7. The Morgan fingerprint density at radius 2 is 2.05 bits per heavy atom. The van der Waals surface area contributed by atoms with Crippen LogP contribution in [-0.2, 0) is 6.54 Å². The summed E-state index contributed by atoms with van der Waals surface area (Å²) >= 11 is 0. The van der Waals surface area contributed by atoms with E-state index < -0.39 is 7.12 Å². The minimum absolute atomic E-state index is 0.435. The first kappa shape index (κ1) is 15.4. The lowest BCUT2D eigenvalue weighted by molar-refractivity contribution is 0.226. The zero-order valence-electron chi connectivity index (χ0n) is 12.5. The maximum Gasteiger partial charge on any atom is 0.492 e. The molecule has 0 bridgehead atoms. The van der Waals surface area contributed by atoms with Crippen LogP contribution in [0, 0.1) is 5.92 Å². The Bertz CT molecular complexity index is 447. The molecular formula is C15H24BNO3. The number of ether oxygens (including phenoxy) is 1. The van der Waals surface area contributed by atoms with Gasteiger partial charge in [0.15, 0.2) is 0 Å². The fourth-order valence-corrected chi connectivity index (χ4v) is 2.57. The van der Waals surface area contributed by atoms with Crippen molar-refractivity contribution in [2.45, 2.75) is 39.3 Å². The molecule has 110 valence electrons. The second-order valence-electron chi connectivity index (χ2n) is 6.00. The highest BCUT2D eigenvalue weighted by molar-refractivity contribution is 6.59. The molecule has 1 aromatic rings. The molecule has 0 radical (unpaired) electrons. The fraction of sp³-hybridized carbons (Fsp3) is 0.600. The average molecular weight is 277 g/mol. The van der Waals surface area contributed by atoms with E-state index in [1.165, 1.54) is 20.0 Å². The van der Waals surface area contributed by atoms with Crippen LogP contribution in [0.25, 0.3) is 0 Å². The van der Waals surface area contributed by atoms with Gasteiger partial charge >= 0.3 is 7.12 Å². The van der Waals surface area contributed by atoms with E-state index in [0.29, 0.717) is 23.2 Å². The lowest BCUT2D eigenvalue weighted by Crippen LogP contribution is -2.33. The first-order valence-electron chi connectivity index (χ1n) is 7.28. The fourth-order valence-electron chi connectivity index (χ4n) is 2.57. The van der Waals surface area contributed by atoms with Crippen molar-refractivity contribution in [2.24, 2.45) is 5.92 Å². The van der Waals surface area contributed by atoms with E-state index in [2.05, 4.69) is 18.7 Å². The molecule has 5 heteroatoms. The monoisotopic (exact) mass is 277 g/mol. The molecule has 0 amide bonds. The summed E-state index contributed by atoms with van der Waals surface area (Å²) in [6.07, 6.45) is 2.55. The molecule has 20 heavy (non-hydrogen) atoms. The lowest BCUT2D eigenvalue weighted by Gasteiger charge is -2.24. The Balaban J connectivity index is 2.13. The van der Waals surface area contributed by atoms with Gasteiger partial charge in [0.1, 0.15) is 5.75 Å². The second-order valence-corrected chi connectivity index (χ2v) is 6.00. The third-order valence-electron chi connectivity index (χ3n) is 3.62. The van der Waals surface area contributed by atoms with Crippen LogP contribution in [0.4, 0.5) is 0 Å². The first-order valence-corrected chi connectivity index (χ1v) is 7.28. The van der Waals surface area contributed by atoms with Crippen LogP contribution in [0.2, 0.25) is 0 Å². The normalized spacial score (nSPS) is 14.9. The second kappa shape index (κ2) is 6.61. The van der Waals surface area contributed by atoms with Crippen molar-refractivity contribution in [3.63, 3.8) is 0 Å². The number of hydrogen-bond donors (Lipinski definition) is 2. The van der Waals surface area contributed by atoms with E-state index in [1.54, 1.807) is 0 Å². The third-order valence-corrected chi connectivity index (χ3v) is 3.62. The molecule has 2 N–H and O–H groups in total. The number of benzene rings is 1. The molecule has 0 spiro atoms. The van der Waals surface area contributed by atoms with Gasteiger partial charge in [0.05, 0.1) is 7.11 Å². The van der Waals surface area contributed by atoms with E-state index in [-0.39, 0.29) is 0 Å². The average Bonchev–Trinajstić information content (AvgIpc) is 3.21. The molecule has 1 aliphatic carbocycles. The highest BCUT2D eigenvalue weighted by Gasteiger charge is 2.29. The number of hydrogen-bond acceptors (Lipinski definition) is 4. The summed E-state index contributed by atoms with van der Waals surface area (Å²) in [4.78, 5) is 2.49. The molecule has 1 saturated carbocycles. The van der Waals surface area contributed by atoms with Gasteiger partial charge in [0, 0.05) is 24.6 Å².